The van der Waals surface area contributed by atoms with E-state index in [1.165, 1.54) is 6.20 Å². The number of nitrogens with zero attached hydrogens (tertiary/aromatic N) is 5. The smallest absolute Gasteiger partial charge is 0.224 e. The summed E-state index contributed by atoms with van der Waals surface area (Å²) in [6.45, 7) is 2.11. The van der Waals surface area contributed by atoms with Gasteiger partial charge in [-0.2, -0.15) is 10.2 Å². The lowest BCUT2D eigenvalue weighted by Gasteiger charge is -2.22. The number of hydrogen-bond donors (Lipinski definition) is 2. The van der Waals surface area contributed by atoms with E-state index in [-0.39, 0.29) is 5.82 Å². The van der Waals surface area contributed by atoms with Gasteiger partial charge < -0.3 is 20.5 Å². The lowest BCUT2D eigenvalue weighted by Crippen LogP contribution is -2.15. The quantitative estimate of drug-likeness (QED) is 0.349. The van der Waals surface area contributed by atoms with Crippen molar-refractivity contribution in [3.05, 3.63) is 89.6 Å². The van der Waals surface area contributed by atoms with Crippen LogP contribution in [-0.4, -0.2) is 35.5 Å². The van der Waals surface area contributed by atoms with Crippen LogP contribution in [0.4, 0.5) is 17.5 Å². The number of aromatic nitrogens is 3. The summed E-state index contributed by atoms with van der Waals surface area (Å²) in [6, 6.07) is 17.8. The summed E-state index contributed by atoms with van der Waals surface area (Å²) < 4.78 is 4.92. The molecule has 2 heterocycles. The molecular weight excluding hydrogens is 454 g/mol. The van der Waals surface area contributed by atoms with E-state index in [9.17, 15) is 4.79 Å². The number of nitrogens with one attached hydrogen (secondary N) is 1. The van der Waals surface area contributed by atoms with Crippen LogP contribution in [0.3, 0.4) is 0 Å². The van der Waals surface area contributed by atoms with Gasteiger partial charge in [-0.15, -0.1) is 0 Å². The fourth-order valence-corrected chi connectivity index (χ4v) is 3.46. The predicted octanol–water partition coefficient (Wildman–Crippen LogP) is 5.01. The molecule has 0 saturated heterocycles. The molecule has 3 N–H and O–H groups in total. The lowest BCUT2D eigenvalue weighted by atomic mass is 9.97. The number of rotatable bonds is 7. The number of nitriles is 1. The van der Waals surface area contributed by atoms with E-state index in [1.807, 2.05) is 49.5 Å². The van der Waals surface area contributed by atoms with Crippen LogP contribution in [0.5, 0.6) is 0 Å². The molecule has 0 saturated carbocycles. The molecule has 0 radical (unpaired) electrons. The van der Waals surface area contributed by atoms with Gasteiger partial charge in [0.15, 0.2) is 6.29 Å². The Bertz CT molecular complexity index is 1360. The fourth-order valence-electron chi connectivity index (χ4n) is 3.46. The normalized spacial score (nSPS) is 10.6. The first-order valence-electron chi connectivity index (χ1n) is 11.2. The van der Waals surface area contributed by atoms with Gasteiger partial charge in [0, 0.05) is 36.6 Å². The highest BCUT2D eigenvalue weighted by Gasteiger charge is 2.12. The van der Waals surface area contributed by atoms with Crippen LogP contribution in [0.25, 0.3) is 17.2 Å². The number of aldehydes is 1. The number of hydrogen-bond acceptors (Lipinski definition) is 9. The molecule has 0 fully saturated rings. The second-order valence-electron chi connectivity index (χ2n) is 7.58. The standard InChI is InChI=1S/C21H20N2O2.C6H7N5/c1-3-18(23(2)19-9-5-4-6-10-19)12-16-8-7-11-20(21(16)14-24)17-13-22-25-15-17;1-9-6-10-3-4(2-7)5(8)11-6/h4-15H,3H2,1-2H3;3H,1H3,(H3,8,9,10,11)/b18-12-;. The van der Waals surface area contributed by atoms with Crippen LogP contribution in [-0.2, 0) is 0 Å². The number of allylic oxidation sites excluding steroid dienone is 1. The van der Waals surface area contributed by atoms with Gasteiger partial charge >= 0.3 is 0 Å². The topological polar surface area (TPSA) is 134 Å². The fraction of sp³-hybridized carbons (Fsp3) is 0.148. The summed E-state index contributed by atoms with van der Waals surface area (Å²) in [5.41, 5.74) is 11.1. The maximum atomic E-state index is 11.8. The molecule has 0 aliphatic carbocycles. The lowest BCUT2D eigenvalue weighted by molar-refractivity contribution is 0.112. The molecule has 36 heavy (non-hydrogen) atoms. The molecule has 4 rings (SSSR count). The number of para-hydroxylation sites is 1. The van der Waals surface area contributed by atoms with Crippen LogP contribution in [0.2, 0.25) is 0 Å². The molecule has 0 aliphatic heterocycles. The maximum absolute atomic E-state index is 11.8. The number of nitrogen functional groups attached to an aromatic ring is 1. The average molecular weight is 482 g/mol. The zero-order valence-electron chi connectivity index (χ0n) is 20.3. The van der Waals surface area contributed by atoms with E-state index in [2.05, 4.69) is 50.5 Å². The van der Waals surface area contributed by atoms with E-state index in [0.29, 0.717) is 17.1 Å². The van der Waals surface area contributed by atoms with Crippen molar-refractivity contribution in [3.63, 3.8) is 0 Å². The largest absolute Gasteiger partial charge is 0.382 e. The predicted molar refractivity (Wildman–Crippen MR) is 141 cm³/mol. The van der Waals surface area contributed by atoms with Crippen LogP contribution >= 0.6 is 0 Å². The molecule has 4 aromatic rings. The molecule has 0 unspecified atom stereocenters. The Kier molecular flexibility index (Phi) is 8.89. The summed E-state index contributed by atoms with van der Waals surface area (Å²) in [4.78, 5) is 21.5. The van der Waals surface area contributed by atoms with Crippen molar-refractivity contribution in [1.29, 1.82) is 5.26 Å². The van der Waals surface area contributed by atoms with Crippen LogP contribution in [0, 0.1) is 11.3 Å². The number of nitrogens with two attached hydrogens (primary N) is 1. The summed E-state index contributed by atoms with van der Waals surface area (Å²) in [6.07, 6.45) is 8.35. The maximum Gasteiger partial charge on any atom is 0.224 e. The molecule has 0 atom stereocenters. The van der Waals surface area contributed by atoms with Crippen molar-refractivity contribution >= 4 is 29.8 Å². The molecule has 182 valence electrons. The summed E-state index contributed by atoms with van der Waals surface area (Å²) >= 11 is 0. The highest BCUT2D eigenvalue weighted by atomic mass is 16.5. The van der Waals surface area contributed by atoms with Crippen molar-refractivity contribution in [2.24, 2.45) is 0 Å². The Morgan fingerprint density at radius 3 is 2.56 bits per heavy atom. The molecular formula is C27H27N7O2. The van der Waals surface area contributed by atoms with E-state index < -0.39 is 0 Å². The first-order chi connectivity index (χ1) is 17.5. The Balaban J connectivity index is 0.000000275. The van der Waals surface area contributed by atoms with Gasteiger partial charge in [-0.1, -0.05) is 48.5 Å². The SMILES string of the molecule is CC/C(=C/c1cccc(-c2cnoc2)c1C=O)N(C)c1ccccc1.CNc1ncc(C#N)c(N)n1. The second-order valence-corrected chi connectivity index (χ2v) is 7.58. The summed E-state index contributed by atoms with van der Waals surface area (Å²) in [7, 11) is 3.72. The van der Waals surface area contributed by atoms with Crippen LogP contribution in [0.15, 0.2) is 77.4 Å². The number of carbonyl (C=O) groups is 1. The third-order valence-electron chi connectivity index (χ3n) is 5.42. The highest BCUT2D eigenvalue weighted by Crippen LogP contribution is 2.28. The van der Waals surface area contributed by atoms with Gasteiger partial charge in [-0.3, -0.25) is 4.79 Å². The highest BCUT2D eigenvalue weighted by molar-refractivity contribution is 5.92. The molecule has 2 aromatic carbocycles. The monoisotopic (exact) mass is 481 g/mol. The summed E-state index contributed by atoms with van der Waals surface area (Å²) in [5.74, 6) is 0.619. The van der Waals surface area contributed by atoms with Crippen LogP contribution in [0.1, 0.15) is 34.8 Å². The molecule has 0 bridgehead atoms. The summed E-state index contributed by atoms with van der Waals surface area (Å²) in [5, 5.41) is 14.9. The van der Waals surface area contributed by atoms with Gasteiger partial charge in [0.2, 0.25) is 5.95 Å². The van der Waals surface area contributed by atoms with Gasteiger partial charge in [0.05, 0.1) is 12.4 Å². The van der Waals surface area contributed by atoms with E-state index in [4.69, 9.17) is 15.5 Å². The van der Waals surface area contributed by atoms with Crippen molar-refractivity contribution in [3.8, 4) is 17.2 Å². The first-order valence-corrected chi connectivity index (χ1v) is 11.2. The Labute approximate surface area is 209 Å². The van der Waals surface area contributed by atoms with E-state index in [0.717, 1.165) is 40.8 Å². The third kappa shape index (κ3) is 6.12. The average Bonchev–Trinajstić information content (AvgIpc) is 3.47. The number of benzene rings is 2. The van der Waals surface area contributed by atoms with Gasteiger partial charge in [-0.05, 0) is 35.8 Å². The van der Waals surface area contributed by atoms with Crippen molar-refractivity contribution in [2.75, 3.05) is 30.0 Å². The molecule has 9 heteroatoms. The Morgan fingerprint density at radius 1 is 1.19 bits per heavy atom. The van der Waals surface area contributed by atoms with Gasteiger partial charge in [0.25, 0.3) is 0 Å². The molecule has 2 aromatic heterocycles. The minimum absolute atomic E-state index is 0.201. The zero-order valence-corrected chi connectivity index (χ0v) is 20.3. The number of anilines is 3. The van der Waals surface area contributed by atoms with Crippen molar-refractivity contribution < 1.29 is 9.32 Å². The minimum Gasteiger partial charge on any atom is -0.382 e. The van der Waals surface area contributed by atoms with Gasteiger partial charge in [0.1, 0.15) is 23.7 Å². The zero-order chi connectivity index (χ0) is 25.9. The molecule has 0 spiro atoms. The molecule has 9 nitrogen and oxygen atoms in total. The van der Waals surface area contributed by atoms with E-state index >= 15 is 0 Å². The Hall–Kier alpha value is -4.97. The molecule has 0 aliphatic rings. The molecule has 0 amide bonds. The van der Waals surface area contributed by atoms with Crippen molar-refractivity contribution in [2.45, 2.75) is 13.3 Å². The van der Waals surface area contributed by atoms with Crippen LogP contribution < -0.4 is 16.0 Å². The third-order valence-corrected chi connectivity index (χ3v) is 5.42. The van der Waals surface area contributed by atoms with E-state index in [1.54, 1.807) is 19.5 Å². The minimum atomic E-state index is 0.201. The van der Waals surface area contributed by atoms with Gasteiger partial charge in [-0.25, -0.2) is 4.98 Å². The number of carbonyl (C=O) groups excluding carboxylic acids is 1. The Morgan fingerprint density at radius 2 is 1.97 bits per heavy atom. The first kappa shape index (κ1) is 25.6. The second kappa shape index (κ2) is 12.5. The van der Waals surface area contributed by atoms with Crippen molar-refractivity contribution in [1.82, 2.24) is 15.1 Å².